The second-order valence-electron chi connectivity index (χ2n) is 8.94. The normalized spacial score (nSPS) is 17.9. The van der Waals surface area contributed by atoms with Gasteiger partial charge < -0.3 is 20.1 Å². The molecule has 1 fully saturated rings. The number of hydrogen-bond donors (Lipinski definition) is 2. The summed E-state index contributed by atoms with van der Waals surface area (Å²) in [5.41, 5.74) is 0.963. The van der Waals surface area contributed by atoms with Gasteiger partial charge in [-0.1, -0.05) is 47.5 Å². The molecule has 0 radical (unpaired) electrons. The number of pyridine rings is 1. The van der Waals surface area contributed by atoms with Crippen LogP contribution in [0.1, 0.15) is 41.6 Å². The summed E-state index contributed by atoms with van der Waals surface area (Å²) in [4.78, 5) is 29.5. The molecule has 0 spiro atoms. The lowest BCUT2D eigenvalue weighted by Crippen LogP contribution is -2.43. The molecule has 0 bridgehead atoms. The molecule has 7 nitrogen and oxygen atoms in total. The molecule has 9 heteroatoms. The zero-order valence-corrected chi connectivity index (χ0v) is 22.0. The van der Waals surface area contributed by atoms with Gasteiger partial charge in [-0.15, -0.1) is 0 Å². The maximum absolute atomic E-state index is 12.8. The number of carbonyl (C=O) groups excluding carboxylic acids is 2. The molecule has 0 unspecified atom stereocenters. The number of nitrogens with zero attached hydrogens (tertiary/aromatic N) is 1. The summed E-state index contributed by atoms with van der Waals surface area (Å²) in [6.07, 6.45) is 6.10. The number of halogens is 2. The van der Waals surface area contributed by atoms with E-state index in [9.17, 15) is 9.59 Å². The van der Waals surface area contributed by atoms with Gasteiger partial charge in [-0.3, -0.25) is 4.79 Å². The van der Waals surface area contributed by atoms with E-state index in [0.717, 1.165) is 42.8 Å². The number of ether oxygens (including phenoxy) is 2. The van der Waals surface area contributed by atoms with Gasteiger partial charge in [0.05, 0.1) is 28.8 Å². The lowest BCUT2D eigenvalue weighted by molar-refractivity contribution is -0.142. The van der Waals surface area contributed by atoms with E-state index in [2.05, 4.69) is 15.6 Å². The van der Waals surface area contributed by atoms with Crippen molar-refractivity contribution >= 4 is 40.9 Å². The van der Waals surface area contributed by atoms with Crippen LogP contribution in [0.5, 0.6) is 5.75 Å². The highest BCUT2D eigenvalue weighted by Crippen LogP contribution is 2.27. The molecule has 1 atom stereocenters. The Morgan fingerprint density at radius 1 is 0.973 bits per heavy atom. The maximum atomic E-state index is 12.8. The Morgan fingerprint density at radius 2 is 1.68 bits per heavy atom. The minimum Gasteiger partial charge on any atom is -0.490 e. The number of rotatable bonds is 9. The average Bonchev–Trinajstić information content (AvgIpc) is 2.90. The van der Waals surface area contributed by atoms with Gasteiger partial charge in [0, 0.05) is 18.7 Å². The molecule has 4 rings (SSSR count). The quantitative estimate of drug-likeness (QED) is 0.337. The van der Waals surface area contributed by atoms with E-state index < -0.39 is 17.9 Å². The predicted molar refractivity (Wildman–Crippen MR) is 144 cm³/mol. The Balaban J connectivity index is 1.31. The molecule has 1 saturated carbocycles. The van der Waals surface area contributed by atoms with E-state index in [-0.39, 0.29) is 28.1 Å². The van der Waals surface area contributed by atoms with Crippen molar-refractivity contribution in [1.29, 1.82) is 0 Å². The molecule has 37 heavy (non-hydrogen) atoms. The Bertz CT molecular complexity index is 1180. The fraction of sp³-hybridized carbons (Fsp3) is 0.321. The van der Waals surface area contributed by atoms with Crippen molar-refractivity contribution in [2.45, 2.75) is 50.3 Å². The van der Waals surface area contributed by atoms with Crippen LogP contribution in [-0.2, 0) is 16.0 Å². The SMILES string of the molecule is COC(=O)[C@H](Cc1ccc(OC2CCC(Nc3ccccn3)CC2)cc1)NC(=O)c1c(Cl)cccc1Cl. The highest BCUT2D eigenvalue weighted by molar-refractivity contribution is 6.39. The molecular weight excluding hydrogens is 513 g/mol. The molecule has 2 aromatic carbocycles. The fourth-order valence-corrected chi connectivity index (χ4v) is 4.96. The number of nitrogens with one attached hydrogen (secondary N) is 2. The first kappa shape index (κ1) is 26.8. The van der Waals surface area contributed by atoms with Crippen molar-refractivity contribution < 1.29 is 19.1 Å². The molecule has 3 aromatic rings. The van der Waals surface area contributed by atoms with Crippen LogP contribution < -0.4 is 15.4 Å². The molecular formula is C28H29Cl2N3O4. The molecule has 2 N–H and O–H groups in total. The zero-order chi connectivity index (χ0) is 26.2. The number of anilines is 1. The van der Waals surface area contributed by atoms with Crippen molar-refractivity contribution in [3.05, 3.63) is 88.0 Å². The third-order valence-electron chi connectivity index (χ3n) is 6.34. The van der Waals surface area contributed by atoms with E-state index in [1.165, 1.54) is 7.11 Å². The number of amides is 1. The monoisotopic (exact) mass is 541 g/mol. The Kier molecular flexibility index (Phi) is 9.25. The number of hydrogen-bond acceptors (Lipinski definition) is 6. The molecule has 1 heterocycles. The van der Waals surface area contributed by atoms with Crippen molar-refractivity contribution in [3.63, 3.8) is 0 Å². The van der Waals surface area contributed by atoms with Crippen LogP contribution in [0, 0.1) is 0 Å². The Labute approximate surface area is 226 Å². The van der Waals surface area contributed by atoms with Gasteiger partial charge in [0.15, 0.2) is 0 Å². The molecule has 1 aliphatic rings. The lowest BCUT2D eigenvalue weighted by Gasteiger charge is -2.29. The van der Waals surface area contributed by atoms with Gasteiger partial charge in [0.1, 0.15) is 17.6 Å². The highest BCUT2D eigenvalue weighted by atomic mass is 35.5. The van der Waals surface area contributed by atoms with E-state index in [1.54, 1.807) is 24.4 Å². The smallest absolute Gasteiger partial charge is 0.328 e. The predicted octanol–water partition coefficient (Wildman–Crippen LogP) is 5.70. The van der Waals surface area contributed by atoms with Gasteiger partial charge >= 0.3 is 5.97 Å². The number of aromatic nitrogens is 1. The summed E-state index contributed by atoms with van der Waals surface area (Å²) in [5.74, 6) is 0.567. The van der Waals surface area contributed by atoms with Crippen molar-refractivity contribution in [2.24, 2.45) is 0 Å². The van der Waals surface area contributed by atoms with Gasteiger partial charge in [-0.05, 0) is 67.6 Å². The van der Waals surface area contributed by atoms with Crippen LogP contribution in [0.25, 0.3) is 0 Å². The van der Waals surface area contributed by atoms with Crippen LogP contribution >= 0.6 is 23.2 Å². The van der Waals surface area contributed by atoms with Gasteiger partial charge in [0.25, 0.3) is 5.91 Å². The van der Waals surface area contributed by atoms with Crippen LogP contribution in [0.4, 0.5) is 5.82 Å². The van der Waals surface area contributed by atoms with Crippen molar-refractivity contribution in [3.8, 4) is 5.75 Å². The van der Waals surface area contributed by atoms with Gasteiger partial charge in [-0.25, -0.2) is 9.78 Å². The largest absolute Gasteiger partial charge is 0.490 e. The third kappa shape index (κ3) is 7.37. The van der Waals surface area contributed by atoms with Gasteiger partial charge in [0.2, 0.25) is 0 Å². The summed E-state index contributed by atoms with van der Waals surface area (Å²) in [5, 5.41) is 6.59. The van der Waals surface area contributed by atoms with E-state index >= 15 is 0 Å². The van der Waals surface area contributed by atoms with Crippen molar-refractivity contribution in [1.82, 2.24) is 10.3 Å². The Morgan fingerprint density at radius 3 is 2.30 bits per heavy atom. The Hall–Kier alpha value is -3.29. The lowest BCUT2D eigenvalue weighted by atomic mass is 9.93. The third-order valence-corrected chi connectivity index (χ3v) is 6.97. The van der Waals surface area contributed by atoms with Crippen LogP contribution in [-0.4, -0.2) is 42.2 Å². The second-order valence-corrected chi connectivity index (χ2v) is 9.76. The maximum Gasteiger partial charge on any atom is 0.328 e. The van der Waals surface area contributed by atoms with Crippen LogP contribution in [0.3, 0.4) is 0 Å². The fourth-order valence-electron chi connectivity index (χ4n) is 4.40. The first-order valence-electron chi connectivity index (χ1n) is 12.2. The molecule has 0 aliphatic heterocycles. The number of esters is 1. The van der Waals surface area contributed by atoms with Crippen LogP contribution in [0.15, 0.2) is 66.9 Å². The topological polar surface area (TPSA) is 89.6 Å². The minimum absolute atomic E-state index is 0.119. The molecule has 0 saturated heterocycles. The molecule has 1 amide bonds. The number of methoxy groups -OCH3 is 1. The summed E-state index contributed by atoms with van der Waals surface area (Å²) < 4.78 is 11.1. The summed E-state index contributed by atoms with van der Waals surface area (Å²) in [6.45, 7) is 0. The molecule has 194 valence electrons. The van der Waals surface area contributed by atoms with Crippen molar-refractivity contribution in [2.75, 3.05) is 12.4 Å². The van der Waals surface area contributed by atoms with Gasteiger partial charge in [-0.2, -0.15) is 0 Å². The number of carbonyl (C=O) groups is 2. The van der Waals surface area contributed by atoms with E-state index in [0.29, 0.717) is 6.04 Å². The first-order chi connectivity index (χ1) is 17.9. The second kappa shape index (κ2) is 12.8. The van der Waals surface area contributed by atoms with Crippen LogP contribution in [0.2, 0.25) is 10.0 Å². The molecule has 1 aliphatic carbocycles. The molecule has 1 aromatic heterocycles. The number of benzene rings is 2. The van der Waals surface area contributed by atoms with E-state index in [4.69, 9.17) is 32.7 Å². The zero-order valence-electron chi connectivity index (χ0n) is 20.5. The summed E-state index contributed by atoms with van der Waals surface area (Å²) >= 11 is 12.3. The minimum atomic E-state index is -0.904. The average molecular weight is 542 g/mol. The standard InChI is InChI=1S/C28H29Cl2N3O4/c1-36-28(35)24(33-27(34)26-22(29)5-4-6-23(26)30)17-18-8-12-20(13-9-18)37-21-14-10-19(11-15-21)32-25-7-2-3-16-31-25/h2-9,12-13,16,19,21,24H,10-11,14-15,17H2,1H3,(H,31,32)(H,33,34)/t19?,21?,24-/m0/s1. The summed E-state index contributed by atoms with van der Waals surface area (Å²) in [7, 11) is 1.28. The first-order valence-corrected chi connectivity index (χ1v) is 12.9. The van der Waals surface area contributed by atoms with E-state index in [1.807, 2.05) is 42.5 Å². The highest BCUT2D eigenvalue weighted by Gasteiger charge is 2.26. The summed E-state index contributed by atoms with van der Waals surface area (Å²) in [6, 6.07) is 17.7.